The molecule has 2 aliphatic carbocycles. The Kier molecular flexibility index (Phi) is 2.54. The van der Waals surface area contributed by atoms with Crippen molar-refractivity contribution in [1.82, 2.24) is 0 Å². The number of rotatable bonds is 0. The van der Waals surface area contributed by atoms with E-state index in [0.717, 1.165) is 34.8 Å². The smallest absolute Gasteiger partial charge is 0.189 e. The zero-order valence-electron chi connectivity index (χ0n) is 11.2. The summed E-state index contributed by atoms with van der Waals surface area (Å²) in [6, 6.07) is 11.8. The maximum Gasteiger partial charge on any atom is 0.189 e. The molecule has 4 rings (SSSR count). The molecule has 0 saturated carbocycles. The van der Waals surface area contributed by atoms with Crippen LogP contribution in [0.1, 0.15) is 41.3 Å². The molecule has 2 heteroatoms. The first-order valence-corrected chi connectivity index (χ1v) is 7.20. The number of hydrogen-bond acceptors (Lipinski definition) is 2. The van der Waals surface area contributed by atoms with Gasteiger partial charge in [-0.1, -0.05) is 42.5 Å². The van der Waals surface area contributed by atoms with Gasteiger partial charge in [0, 0.05) is 5.56 Å². The number of fused-ring (bicyclic) bond motifs is 4. The van der Waals surface area contributed by atoms with Gasteiger partial charge in [-0.2, -0.15) is 0 Å². The van der Waals surface area contributed by atoms with Crippen molar-refractivity contribution in [2.24, 2.45) is 5.92 Å². The molecule has 0 aliphatic heterocycles. The third-order valence-corrected chi connectivity index (χ3v) is 4.64. The third kappa shape index (κ3) is 1.58. The monoisotopic (exact) mass is 264 g/mol. The van der Waals surface area contributed by atoms with Gasteiger partial charge < -0.3 is 5.11 Å². The van der Waals surface area contributed by atoms with Gasteiger partial charge in [0.1, 0.15) is 0 Å². The van der Waals surface area contributed by atoms with Crippen LogP contribution in [-0.4, -0.2) is 10.9 Å². The van der Waals surface area contributed by atoms with E-state index >= 15 is 0 Å². The zero-order valence-corrected chi connectivity index (χ0v) is 11.2. The molecule has 20 heavy (non-hydrogen) atoms. The fourth-order valence-corrected chi connectivity index (χ4v) is 3.65. The van der Waals surface area contributed by atoms with Crippen LogP contribution in [0.3, 0.4) is 0 Å². The Bertz CT molecular complexity index is 742. The highest BCUT2D eigenvalue weighted by Crippen LogP contribution is 2.42. The first-order valence-electron chi connectivity index (χ1n) is 7.20. The Hall–Kier alpha value is -1.93. The van der Waals surface area contributed by atoms with Crippen LogP contribution in [0.5, 0.6) is 0 Å². The van der Waals surface area contributed by atoms with Gasteiger partial charge in [0.2, 0.25) is 0 Å². The summed E-state index contributed by atoms with van der Waals surface area (Å²) in [5.41, 5.74) is 2.43. The minimum absolute atomic E-state index is 0.121. The topological polar surface area (TPSA) is 37.3 Å². The molecule has 0 bridgehead atoms. The molecule has 2 aliphatic rings. The Morgan fingerprint density at radius 2 is 1.95 bits per heavy atom. The summed E-state index contributed by atoms with van der Waals surface area (Å²) in [5, 5.41) is 12.5. The van der Waals surface area contributed by atoms with Gasteiger partial charge in [0.05, 0.1) is 6.10 Å². The lowest BCUT2D eigenvalue weighted by Crippen LogP contribution is -2.08. The average molecular weight is 264 g/mol. The van der Waals surface area contributed by atoms with E-state index in [2.05, 4.69) is 6.08 Å². The van der Waals surface area contributed by atoms with Gasteiger partial charge in [-0.05, 0) is 47.1 Å². The fraction of sp³-hybridized carbons (Fsp3) is 0.278. The third-order valence-electron chi connectivity index (χ3n) is 4.64. The van der Waals surface area contributed by atoms with Crippen molar-refractivity contribution < 1.29 is 9.90 Å². The highest BCUT2D eigenvalue weighted by molar-refractivity contribution is 6.18. The molecule has 2 aromatic carbocycles. The van der Waals surface area contributed by atoms with E-state index < -0.39 is 6.10 Å². The summed E-state index contributed by atoms with van der Waals surface area (Å²) in [6.45, 7) is 0. The second-order valence-electron chi connectivity index (χ2n) is 5.77. The highest BCUT2D eigenvalue weighted by Gasteiger charge is 2.34. The fourth-order valence-electron chi connectivity index (χ4n) is 3.65. The summed E-state index contributed by atoms with van der Waals surface area (Å²) in [6.07, 6.45) is 4.15. The molecule has 0 saturated heterocycles. The van der Waals surface area contributed by atoms with Crippen LogP contribution in [-0.2, 0) is 0 Å². The van der Waals surface area contributed by atoms with E-state index in [1.165, 1.54) is 0 Å². The number of hydrogen-bond donors (Lipinski definition) is 1. The van der Waals surface area contributed by atoms with Gasteiger partial charge in [0.15, 0.2) is 5.78 Å². The molecule has 0 fully saturated rings. The van der Waals surface area contributed by atoms with Gasteiger partial charge in [-0.25, -0.2) is 0 Å². The van der Waals surface area contributed by atoms with Crippen molar-refractivity contribution in [1.29, 1.82) is 0 Å². The van der Waals surface area contributed by atoms with Crippen molar-refractivity contribution in [3.05, 3.63) is 59.2 Å². The van der Waals surface area contributed by atoms with Gasteiger partial charge in [0.25, 0.3) is 0 Å². The molecule has 0 heterocycles. The van der Waals surface area contributed by atoms with Gasteiger partial charge in [-0.3, -0.25) is 4.79 Å². The van der Waals surface area contributed by atoms with Crippen LogP contribution in [0.15, 0.2) is 48.0 Å². The van der Waals surface area contributed by atoms with Crippen LogP contribution in [0, 0.1) is 5.92 Å². The van der Waals surface area contributed by atoms with Crippen molar-refractivity contribution in [3.63, 3.8) is 0 Å². The molecule has 0 spiro atoms. The second-order valence-corrected chi connectivity index (χ2v) is 5.77. The van der Waals surface area contributed by atoms with E-state index in [-0.39, 0.29) is 11.7 Å². The van der Waals surface area contributed by atoms with Crippen molar-refractivity contribution in [2.75, 3.05) is 0 Å². The lowest BCUT2D eigenvalue weighted by Gasteiger charge is -2.14. The highest BCUT2D eigenvalue weighted by atomic mass is 16.3. The van der Waals surface area contributed by atoms with Crippen LogP contribution in [0.2, 0.25) is 0 Å². The summed E-state index contributed by atoms with van der Waals surface area (Å²) >= 11 is 0. The number of ketones is 1. The number of carbonyl (C=O) groups is 1. The predicted octanol–water partition coefficient (Wildman–Crippen LogP) is 3.80. The van der Waals surface area contributed by atoms with Gasteiger partial charge in [-0.15, -0.1) is 0 Å². The molecule has 100 valence electrons. The van der Waals surface area contributed by atoms with Gasteiger partial charge >= 0.3 is 0 Å². The number of benzene rings is 2. The molecule has 2 nitrogen and oxygen atoms in total. The quantitative estimate of drug-likeness (QED) is 0.786. The maximum atomic E-state index is 12.9. The maximum absolute atomic E-state index is 12.9. The largest absolute Gasteiger partial charge is 0.388 e. The Labute approximate surface area is 117 Å². The Morgan fingerprint density at radius 3 is 2.85 bits per heavy atom. The number of carbonyl (C=O) groups excluding carboxylic acids is 1. The second kappa shape index (κ2) is 4.29. The lowest BCUT2D eigenvalue weighted by atomic mass is 9.92. The molecule has 0 aromatic heterocycles. The minimum Gasteiger partial charge on any atom is -0.388 e. The lowest BCUT2D eigenvalue weighted by molar-refractivity contribution is 0.102. The molecule has 0 amide bonds. The summed E-state index contributed by atoms with van der Waals surface area (Å²) < 4.78 is 0. The van der Waals surface area contributed by atoms with Crippen molar-refractivity contribution in [2.45, 2.75) is 25.4 Å². The van der Waals surface area contributed by atoms with Crippen molar-refractivity contribution >= 4 is 16.6 Å². The number of aliphatic hydroxyl groups excluding tert-OH is 1. The van der Waals surface area contributed by atoms with Crippen LogP contribution in [0.4, 0.5) is 0 Å². The first-order chi connectivity index (χ1) is 9.75. The van der Waals surface area contributed by atoms with E-state index in [4.69, 9.17) is 0 Å². The summed E-state index contributed by atoms with van der Waals surface area (Å²) in [5.74, 6) is 0.347. The number of aliphatic hydroxyl groups is 1. The first kappa shape index (κ1) is 11.9. The van der Waals surface area contributed by atoms with Crippen molar-refractivity contribution in [3.8, 4) is 0 Å². The van der Waals surface area contributed by atoms with E-state index in [1.807, 2.05) is 36.4 Å². The molecular formula is C18H16O2. The summed E-state index contributed by atoms with van der Waals surface area (Å²) in [4.78, 5) is 12.9. The summed E-state index contributed by atoms with van der Waals surface area (Å²) in [7, 11) is 0. The Morgan fingerprint density at radius 1 is 1.10 bits per heavy atom. The normalized spacial score (nSPS) is 25.1. The molecule has 1 N–H and O–H groups in total. The van der Waals surface area contributed by atoms with E-state index in [9.17, 15) is 9.90 Å². The van der Waals surface area contributed by atoms with E-state index in [1.54, 1.807) is 0 Å². The van der Waals surface area contributed by atoms with Crippen LogP contribution >= 0.6 is 0 Å². The molecular weight excluding hydrogens is 248 g/mol. The standard InChI is InChI=1S/C18H16O2/c19-16-10-12-5-3-7-14(12)18(20)17-13-6-2-1-4-11(13)8-9-15(16)17/h1-2,4,6-9,12,16,19H,3,5,10H2/t12-,16+/m1/s1. The van der Waals surface area contributed by atoms with Crippen LogP contribution in [0.25, 0.3) is 10.8 Å². The average Bonchev–Trinajstić information content (AvgIpc) is 2.89. The zero-order chi connectivity index (χ0) is 13.7. The molecule has 0 unspecified atom stereocenters. The predicted molar refractivity (Wildman–Crippen MR) is 78.7 cm³/mol. The number of allylic oxidation sites excluding steroid dienone is 2. The number of Topliss-reactive ketones (excluding diaryl/α,β-unsaturated/α-hetero) is 1. The Balaban J connectivity index is 2.04. The minimum atomic E-state index is -0.535. The SMILES string of the molecule is O=C1C2=CCC[C@@H]2C[C@H](O)c2ccc3ccccc3c21. The molecule has 0 radical (unpaired) electrons. The molecule has 2 aromatic rings. The van der Waals surface area contributed by atoms with E-state index in [0.29, 0.717) is 12.0 Å². The molecule has 2 atom stereocenters. The van der Waals surface area contributed by atoms with Crippen LogP contribution < -0.4 is 0 Å².